The number of fused-ring (bicyclic) bond motifs is 2. The minimum absolute atomic E-state index is 0.0942. The van der Waals surface area contributed by atoms with Gasteiger partial charge in [0.2, 0.25) is 0 Å². The fourth-order valence-electron chi connectivity index (χ4n) is 3.01. The highest BCUT2D eigenvalue weighted by molar-refractivity contribution is 5.76. The highest BCUT2D eigenvalue weighted by atomic mass is 16.1. The Morgan fingerprint density at radius 2 is 2.16 bits per heavy atom. The van der Waals surface area contributed by atoms with Crippen LogP contribution in [0.1, 0.15) is 17.5 Å². The minimum Gasteiger partial charge on any atom is -0.304 e. The van der Waals surface area contributed by atoms with E-state index < -0.39 is 0 Å². The maximum Gasteiger partial charge on any atom is 0.331 e. The van der Waals surface area contributed by atoms with Crippen LogP contribution in [0.3, 0.4) is 0 Å². The van der Waals surface area contributed by atoms with Crippen molar-refractivity contribution < 1.29 is 0 Å². The summed E-state index contributed by atoms with van der Waals surface area (Å²) in [5.41, 5.74) is 5.26. The second-order valence-corrected chi connectivity index (χ2v) is 4.93. The molecule has 1 aliphatic rings. The molecule has 1 aliphatic carbocycles. The van der Waals surface area contributed by atoms with Gasteiger partial charge < -0.3 is 4.98 Å². The molecule has 19 heavy (non-hydrogen) atoms. The molecule has 0 saturated heterocycles. The van der Waals surface area contributed by atoms with Crippen LogP contribution >= 0.6 is 0 Å². The van der Waals surface area contributed by atoms with Crippen LogP contribution in [-0.4, -0.2) is 14.5 Å². The summed E-state index contributed by atoms with van der Waals surface area (Å²) >= 11 is 0. The summed E-state index contributed by atoms with van der Waals surface area (Å²) in [6, 6.07) is 8.10. The second kappa shape index (κ2) is 3.82. The number of aromatic nitrogens is 3. The minimum atomic E-state index is -0.0942. The third-order valence-corrected chi connectivity index (χ3v) is 3.85. The van der Waals surface area contributed by atoms with Crippen molar-refractivity contribution in [1.82, 2.24) is 14.5 Å². The normalized spacial score (nSPS) is 13.9. The van der Waals surface area contributed by atoms with E-state index in [1.54, 1.807) is 17.0 Å². The molecule has 0 radical (unpaired) electrons. The molecule has 0 fully saturated rings. The number of imidazole rings is 1. The second-order valence-electron chi connectivity index (χ2n) is 4.93. The molecular weight excluding hydrogens is 238 g/mol. The van der Waals surface area contributed by atoms with Gasteiger partial charge in [-0.3, -0.25) is 9.55 Å². The number of H-pyrrole nitrogens is 1. The average Bonchev–Trinajstić information content (AvgIpc) is 3.01. The van der Waals surface area contributed by atoms with Gasteiger partial charge in [0.15, 0.2) is 0 Å². The van der Waals surface area contributed by atoms with Crippen LogP contribution in [0, 0.1) is 0 Å². The van der Waals surface area contributed by atoms with Crippen molar-refractivity contribution in [2.75, 3.05) is 0 Å². The van der Waals surface area contributed by atoms with E-state index in [1.807, 2.05) is 18.2 Å². The smallest absolute Gasteiger partial charge is 0.304 e. The number of nitrogens with one attached hydrogen (secondary N) is 1. The number of rotatable bonds is 1. The molecule has 0 aliphatic heterocycles. The lowest BCUT2D eigenvalue weighted by Crippen LogP contribution is -2.16. The number of aryl methyl sites for hydroxylation is 1. The van der Waals surface area contributed by atoms with Gasteiger partial charge >= 0.3 is 5.69 Å². The molecule has 2 aromatic heterocycles. The Kier molecular flexibility index (Phi) is 2.12. The van der Waals surface area contributed by atoms with Gasteiger partial charge in [-0.1, -0.05) is 12.1 Å². The van der Waals surface area contributed by atoms with Crippen LogP contribution < -0.4 is 5.69 Å². The molecule has 2 heterocycles. The molecule has 0 atom stereocenters. The topological polar surface area (TPSA) is 50.7 Å². The highest BCUT2D eigenvalue weighted by Gasteiger charge is 2.18. The van der Waals surface area contributed by atoms with Gasteiger partial charge in [0.05, 0.1) is 22.9 Å². The number of benzene rings is 1. The number of hydrogen-bond donors (Lipinski definition) is 1. The van der Waals surface area contributed by atoms with Gasteiger partial charge in [-0.15, -0.1) is 0 Å². The fraction of sp³-hybridized carbons (Fsp3) is 0.200. The Morgan fingerprint density at radius 1 is 1.21 bits per heavy atom. The molecule has 0 bridgehead atoms. The zero-order valence-corrected chi connectivity index (χ0v) is 10.4. The lowest BCUT2D eigenvalue weighted by Gasteiger charge is -2.09. The summed E-state index contributed by atoms with van der Waals surface area (Å²) < 4.78 is 1.77. The van der Waals surface area contributed by atoms with E-state index in [-0.39, 0.29) is 5.69 Å². The molecule has 4 rings (SSSR count). The Labute approximate surface area is 109 Å². The van der Waals surface area contributed by atoms with Gasteiger partial charge in [-0.05, 0) is 42.5 Å². The van der Waals surface area contributed by atoms with E-state index in [1.165, 1.54) is 17.5 Å². The summed E-state index contributed by atoms with van der Waals surface area (Å²) in [6.07, 6.45) is 6.74. The van der Waals surface area contributed by atoms with Crippen molar-refractivity contribution in [1.29, 1.82) is 0 Å². The van der Waals surface area contributed by atoms with Gasteiger partial charge in [-0.25, -0.2) is 4.79 Å². The van der Waals surface area contributed by atoms with Crippen molar-refractivity contribution in [3.63, 3.8) is 0 Å². The fourth-order valence-corrected chi connectivity index (χ4v) is 3.01. The third kappa shape index (κ3) is 1.46. The predicted octanol–water partition coefficient (Wildman–Crippen LogP) is 2.20. The largest absolute Gasteiger partial charge is 0.331 e. The Hall–Kier alpha value is -2.36. The molecule has 1 aromatic carbocycles. The molecule has 4 nitrogen and oxygen atoms in total. The Morgan fingerprint density at radius 3 is 3.11 bits per heavy atom. The van der Waals surface area contributed by atoms with Crippen LogP contribution in [0.2, 0.25) is 0 Å². The SMILES string of the molecule is O=c1[nH]c2cnccc2n1-c1cccc2c1CCC2. The van der Waals surface area contributed by atoms with Crippen molar-refractivity contribution in [3.8, 4) is 5.69 Å². The first-order chi connectivity index (χ1) is 9.34. The van der Waals surface area contributed by atoms with E-state index in [9.17, 15) is 4.79 Å². The zero-order valence-electron chi connectivity index (χ0n) is 10.4. The predicted molar refractivity (Wildman–Crippen MR) is 73.7 cm³/mol. The lowest BCUT2D eigenvalue weighted by atomic mass is 10.1. The zero-order chi connectivity index (χ0) is 12.8. The van der Waals surface area contributed by atoms with Crippen molar-refractivity contribution in [3.05, 3.63) is 58.3 Å². The Bertz CT molecular complexity index is 829. The van der Waals surface area contributed by atoms with E-state index >= 15 is 0 Å². The van der Waals surface area contributed by atoms with E-state index in [4.69, 9.17) is 0 Å². The molecule has 94 valence electrons. The van der Waals surface area contributed by atoms with Gasteiger partial charge in [0.1, 0.15) is 0 Å². The van der Waals surface area contributed by atoms with Crippen molar-refractivity contribution in [2.45, 2.75) is 19.3 Å². The van der Waals surface area contributed by atoms with Crippen molar-refractivity contribution >= 4 is 11.0 Å². The Balaban J connectivity index is 2.09. The average molecular weight is 251 g/mol. The van der Waals surface area contributed by atoms with Gasteiger partial charge in [-0.2, -0.15) is 0 Å². The third-order valence-electron chi connectivity index (χ3n) is 3.85. The summed E-state index contributed by atoms with van der Waals surface area (Å²) in [6.45, 7) is 0. The molecule has 0 amide bonds. The van der Waals surface area contributed by atoms with Crippen LogP contribution in [0.25, 0.3) is 16.7 Å². The van der Waals surface area contributed by atoms with E-state index in [0.29, 0.717) is 0 Å². The molecule has 3 aromatic rings. The maximum absolute atomic E-state index is 12.2. The number of nitrogens with zero attached hydrogens (tertiary/aromatic N) is 2. The highest BCUT2D eigenvalue weighted by Crippen LogP contribution is 2.28. The molecular formula is C15H13N3O. The first-order valence-corrected chi connectivity index (χ1v) is 6.50. The van der Waals surface area contributed by atoms with Crippen LogP contribution in [0.5, 0.6) is 0 Å². The summed E-state index contributed by atoms with van der Waals surface area (Å²) in [5, 5.41) is 0. The summed E-state index contributed by atoms with van der Waals surface area (Å²) in [7, 11) is 0. The molecule has 0 saturated carbocycles. The lowest BCUT2D eigenvalue weighted by molar-refractivity contribution is 0.903. The molecule has 4 heteroatoms. The first-order valence-electron chi connectivity index (χ1n) is 6.50. The van der Waals surface area contributed by atoms with Crippen LogP contribution in [0.15, 0.2) is 41.5 Å². The molecule has 0 spiro atoms. The van der Waals surface area contributed by atoms with Gasteiger partial charge in [0.25, 0.3) is 0 Å². The standard InChI is InChI=1S/C15H13N3O/c19-15-17-12-9-16-8-7-14(12)18(15)13-6-2-4-10-3-1-5-11(10)13/h2,4,6-9H,1,3,5H2,(H,17,19). The summed E-state index contributed by atoms with van der Waals surface area (Å²) in [5.74, 6) is 0. The maximum atomic E-state index is 12.2. The van der Waals surface area contributed by atoms with E-state index in [0.717, 1.165) is 29.6 Å². The van der Waals surface area contributed by atoms with Gasteiger partial charge in [0, 0.05) is 6.20 Å². The quantitative estimate of drug-likeness (QED) is 0.720. The number of aromatic amines is 1. The van der Waals surface area contributed by atoms with Crippen LogP contribution in [-0.2, 0) is 12.8 Å². The first kappa shape index (κ1) is 10.6. The summed E-state index contributed by atoms with van der Waals surface area (Å²) in [4.78, 5) is 19.1. The van der Waals surface area contributed by atoms with Crippen molar-refractivity contribution in [2.24, 2.45) is 0 Å². The molecule has 0 unspecified atom stereocenters. The molecule has 1 N–H and O–H groups in total. The van der Waals surface area contributed by atoms with Crippen LogP contribution in [0.4, 0.5) is 0 Å². The van der Waals surface area contributed by atoms with E-state index in [2.05, 4.69) is 16.0 Å². The number of hydrogen-bond acceptors (Lipinski definition) is 2. The number of pyridine rings is 1. The monoisotopic (exact) mass is 251 g/mol.